The number of benzene rings is 2. The molecule has 2 aromatic carbocycles. The van der Waals surface area contributed by atoms with E-state index < -0.39 is 17.4 Å². The third kappa shape index (κ3) is 2.42. The number of carbonyl (C=O) groups is 2. The van der Waals surface area contributed by atoms with Crippen LogP contribution in [0.5, 0.6) is 0 Å². The second kappa shape index (κ2) is 6.45. The van der Waals surface area contributed by atoms with Gasteiger partial charge in [0, 0.05) is 5.39 Å². The molecule has 4 atom stereocenters. The Morgan fingerprint density at radius 2 is 2.07 bits per heavy atom. The minimum atomic E-state index is -0.729. The Labute approximate surface area is 163 Å². The van der Waals surface area contributed by atoms with E-state index in [0.717, 1.165) is 29.3 Å². The summed E-state index contributed by atoms with van der Waals surface area (Å²) in [5.41, 5.74) is 0.137. The van der Waals surface area contributed by atoms with Gasteiger partial charge in [-0.25, -0.2) is 0 Å². The van der Waals surface area contributed by atoms with Crippen LogP contribution in [-0.4, -0.2) is 36.7 Å². The van der Waals surface area contributed by atoms with Gasteiger partial charge in [0.1, 0.15) is 11.5 Å². The highest BCUT2D eigenvalue weighted by Gasteiger charge is 2.67. The molecule has 1 spiro atoms. The first kappa shape index (κ1) is 17.4. The minimum absolute atomic E-state index is 0.0550. The largest absolute Gasteiger partial charge is 0.465 e. The highest BCUT2D eigenvalue weighted by molar-refractivity contribution is 6.08. The van der Waals surface area contributed by atoms with E-state index in [1.165, 1.54) is 0 Å². The summed E-state index contributed by atoms with van der Waals surface area (Å²) < 4.78 is 11.6. The molecule has 2 fully saturated rings. The molecule has 2 aromatic rings. The second-order valence-corrected chi connectivity index (χ2v) is 7.84. The number of esters is 1. The van der Waals surface area contributed by atoms with Crippen LogP contribution in [0.3, 0.4) is 0 Å². The highest BCUT2D eigenvalue weighted by atomic mass is 16.6. The molecule has 0 aromatic heterocycles. The summed E-state index contributed by atoms with van der Waals surface area (Å²) in [6.07, 6.45) is 5.31. The SMILES string of the molecule is CCCCOC(=O)[C@H]1[C@H]2C(=O)N(c3cccc4ccccc34)C[C@]23C=C[C@H]1O3. The maximum atomic E-state index is 13.5. The predicted octanol–water partition coefficient (Wildman–Crippen LogP) is 3.47. The van der Waals surface area contributed by atoms with E-state index >= 15 is 0 Å². The van der Waals surface area contributed by atoms with Crippen molar-refractivity contribution in [1.82, 2.24) is 0 Å². The number of unbranched alkanes of at least 4 members (excludes halogenated alkanes) is 1. The Bertz CT molecular complexity index is 978. The van der Waals surface area contributed by atoms with Crippen molar-refractivity contribution in [1.29, 1.82) is 0 Å². The second-order valence-electron chi connectivity index (χ2n) is 7.84. The lowest BCUT2D eigenvalue weighted by Gasteiger charge is -2.23. The van der Waals surface area contributed by atoms with E-state index in [4.69, 9.17) is 9.47 Å². The molecule has 5 rings (SSSR count). The van der Waals surface area contributed by atoms with Crippen LogP contribution in [0, 0.1) is 11.8 Å². The van der Waals surface area contributed by atoms with Gasteiger partial charge in [-0.3, -0.25) is 9.59 Å². The Morgan fingerprint density at radius 1 is 1.25 bits per heavy atom. The lowest BCUT2D eigenvalue weighted by molar-refractivity contribution is -0.152. The average molecular weight is 377 g/mol. The van der Waals surface area contributed by atoms with E-state index in [2.05, 4.69) is 6.92 Å². The van der Waals surface area contributed by atoms with E-state index in [1.54, 1.807) is 4.90 Å². The third-order valence-corrected chi connectivity index (χ3v) is 6.17. The quantitative estimate of drug-likeness (QED) is 0.455. The van der Waals surface area contributed by atoms with Gasteiger partial charge in [0.15, 0.2) is 0 Å². The summed E-state index contributed by atoms with van der Waals surface area (Å²) in [7, 11) is 0. The number of hydrogen-bond donors (Lipinski definition) is 0. The summed E-state index contributed by atoms with van der Waals surface area (Å²) in [5.74, 6) is -1.45. The third-order valence-electron chi connectivity index (χ3n) is 6.17. The number of anilines is 1. The van der Waals surface area contributed by atoms with Crippen molar-refractivity contribution < 1.29 is 19.1 Å². The van der Waals surface area contributed by atoms with Gasteiger partial charge >= 0.3 is 5.97 Å². The van der Waals surface area contributed by atoms with Gasteiger partial charge < -0.3 is 14.4 Å². The molecule has 0 aliphatic carbocycles. The van der Waals surface area contributed by atoms with Crippen LogP contribution in [0.15, 0.2) is 54.6 Å². The number of ether oxygens (including phenoxy) is 2. The number of fused-ring (bicyclic) bond motifs is 2. The molecule has 28 heavy (non-hydrogen) atoms. The lowest BCUT2D eigenvalue weighted by atomic mass is 9.77. The van der Waals surface area contributed by atoms with Crippen LogP contribution < -0.4 is 4.90 Å². The molecule has 0 saturated carbocycles. The number of carbonyl (C=O) groups excluding carboxylic acids is 2. The molecular formula is C23H23NO4. The summed E-state index contributed by atoms with van der Waals surface area (Å²) in [4.78, 5) is 28.0. The molecule has 3 heterocycles. The molecule has 0 unspecified atom stereocenters. The molecule has 5 heteroatoms. The molecule has 2 bridgehead atoms. The first-order chi connectivity index (χ1) is 13.6. The van der Waals surface area contributed by atoms with Crippen molar-refractivity contribution in [3.63, 3.8) is 0 Å². The van der Waals surface area contributed by atoms with Crippen LogP contribution in [0.1, 0.15) is 19.8 Å². The van der Waals surface area contributed by atoms with Crippen molar-refractivity contribution in [3.8, 4) is 0 Å². The fourth-order valence-electron chi connectivity index (χ4n) is 4.83. The zero-order valence-corrected chi connectivity index (χ0v) is 15.8. The predicted molar refractivity (Wildman–Crippen MR) is 106 cm³/mol. The van der Waals surface area contributed by atoms with E-state index in [-0.39, 0.29) is 18.0 Å². The maximum absolute atomic E-state index is 13.5. The molecule has 144 valence electrons. The van der Waals surface area contributed by atoms with Crippen LogP contribution in [0.4, 0.5) is 5.69 Å². The summed E-state index contributed by atoms with van der Waals surface area (Å²) in [6.45, 7) is 2.87. The number of nitrogens with zero attached hydrogens (tertiary/aromatic N) is 1. The maximum Gasteiger partial charge on any atom is 0.312 e. The fraction of sp³-hybridized carbons (Fsp3) is 0.391. The summed E-state index contributed by atoms with van der Waals surface area (Å²) >= 11 is 0. The smallest absolute Gasteiger partial charge is 0.312 e. The fourth-order valence-corrected chi connectivity index (χ4v) is 4.83. The number of amides is 1. The minimum Gasteiger partial charge on any atom is -0.465 e. The van der Waals surface area contributed by atoms with Crippen LogP contribution in [-0.2, 0) is 19.1 Å². The average Bonchev–Trinajstić information content (AvgIpc) is 3.36. The van der Waals surface area contributed by atoms with Gasteiger partial charge in [-0.15, -0.1) is 0 Å². The Kier molecular flexibility index (Phi) is 4.02. The first-order valence-corrected chi connectivity index (χ1v) is 9.97. The molecule has 2 saturated heterocycles. The van der Waals surface area contributed by atoms with E-state index in [0.29, 0.717) is 13.2 Å². The Balaban J connectivity index is 1.49. The van der Waals surface area contributed by atoms with E-state index in [1.807, 2.05) is 54.6 Å². The van der Waals surface area contributed by atoms with Crippen molar-refractivity contribution in [2.75, 3.05) is 18.1 Å². The van der Waals surface area contributed by atoms with Crippen LogP contribution >= 0.6 is 0 Å². The van der Waals surface area contributed by atoms with Gasteiger partial charge in [0.25, 0.3) is 0 Å². The zero-order chi connectivity index (χ0) is 19.3. The molecule has 0 radical (unpaired) electrons. The van der Waals surface area contributed by atoms with Crippen molar-refractivity contribution in [3.05, 3.63) is 54.6 Å². The van der Waals surface area contributed by atoms with Gasteiger partial charge in [0.05, 0.1) is 30.9 Å². The molecule has 3 aliphatic rings. The number of hydrogen-bond acceptors (Lipinski definition) is 4. The Morgan fingerprint density at radius 3 is 2.93 bits per heavy atom. The normalized spacial score (nSPS) is 30.2. The Hall–Kier alpha value is -2.66. The van der Waals surface area contributed by atoms with E-state index in [9.17, 15) is 9.59 Å². The monoisotopic (exact) mass is 377 g/mol. The number of rotatable bonds is 5. The molecule has 1 amide bonds. The lowest BCUT2D eigenvalue weighted by Crippen LogP contribution is -2.40. The van der Waals surface area contributed by atoms with Gasteiger partial charge in [-0.05, 0) is 17.9 Å². The molecular weight excluding hydrogens is 354 g/mol. The standard InChI is InChI=1S/C23H23NO4/c1-2-3-13-27-22(26)19-18-11-12-23(28-18)14-24(21(25)20(19)23)17-10-6-8-15-7-4-5-9-16(15)17/h4-12,18-20H,2-3,13-14H2,1H3/t18-,19-,20+,23-/m1/s1. The topological polar surface area (TPSA) is 55.8 Å². The highest BCUT2D eigenvalue weighted by Crippen LogP contribution is 2.53. The zero-order valence-electron chi connectivity index (χ0n) is 15.8. The first-order valence-electron chi connectivity index (χ1n) is 9.97. The van der Waals surface area contributed by atoms with Crippen LogP contribution in [0.2, 0.25) is 0 Å². The van der Waals surface area contributed by atoms with Crippen molar-refractivity contribution in [2.45, 2.75) is 31.5 Å². The van der Waals surface area contributed by atoms with Crippen LogP contribution in [0.25, 0.3) is 10.8 Å². The molecule has 5 nitrogen and oxygen atoms in total. The molecule has 0 N–H and O–H groups in total. The summed E-state index contributed by atoms with van der Waals surface area (Å²) in [6, 6.07) is 14.0. The van der Waals surface area contributed by atoms with Gasteiger partial charge in [0.2, 0.25) is 5.91 Å². The van der Waals surface area contributed by atoms with Gasteiger partial charge in [-0.1, -0.05) is 61.9 Å². The summed E-state index contributed by atoms with van der Waals surface area (Å²) in [5, 5.41) is 2.11. The molecule has 3 aliphatic heterocycles. The van der Waals surface area contributed by atoms with Crippen molar-refractivity contribution in [2.24, 2.45) is 11.8 Å². The van der Waals surface area contributed by atoms with Crippen molar-refractivity contribution >= 4 is 28.3 Å². The van der Waals surface area contributed by atoms with Gasteiger partial charge in [-0.2, -0.15) is 0 Å².